The second kappa shape index (κ2) is 4.86. The first kappa shape index (κ1) is 11.4. The van der Waals surface area contributed by atoms with Crippen LogP contribution in [-0.4, -0.2) is 13.2 Å². The zero-order chi connectivity index (χ0) is 12.4. The fraction of sp³-hybridized carbons (Fsp3) is 0.200. The van der Waals surface area contributed by atoms with Crippen LogP contribution in [0.5, 0.6) is 11.5 Å². The molecule has 0 N–H and O–H groups in total. The molecule has 0 atom stereocenters. The molecule has 18 heavy (non-hydrogen) atoms. The molecule has 3 rings (SSSR count). The highest BCUT2D eigenvalue weighted by molar-refractivity contribution is 7.11. The Hall–Kier alpha value is -1.74. The van der Waals surface area contributed by atoms with Crippen LogP contribution in [-0.2, 0) is 0 Å². The Bertz CT molecular complexity index is 567. The van der Waals surface area contributed by atoms with E-state index in [-0.39, 0.29) is 0 Å². The first-order valence-electron chi connectivity index (χ1n) is 5.95. The Labute approximate surface area is 110 Å². The van der Waals surface area contributed by atoms with Gasteiger partial charge in [0.15, 0.2) is 11.5 Å². The maximum Gasteiger partial charge on any atom is 0.179 e. The quantitative estimate of drug-likeness (QED) is 0.810. The molecule has 0 saturated heterocycles. The predicted octanol–water partition coefficient (Wildman–Crippen LogP) is 4.00. The zero-order valence-electron chi connectivity index (χ0n) is 10.2. The first-order chi connectivity index (χ1) is 8.83. The van der Waals surface area contributed by atoms with Gasteiger partial charge in [-0.15, -0.1) is 11.3 Å². The molecule has 0 bridgehead atoms. The summed E-state index contributed by atoms with van der Waals surface area (Å²) >= 11 is 1.65. The molecule has 92 valence electrons. The predicted molar refractivity (Wildman–Crippen MR) is 75.4 cm³/mol. The van der Waals surface area contributed by atoms with Crippen molar-refractivity contribution in [3.05, 3.63) is 45.6 Å². The van der Waals surface area contributed by atoms with Gasteiger partial charge in [-0.2, -0.15) is 0 Å². The van der Waals surface area contributed by atoms with Crippen molar-refractivity contribution in [2.75, 3.05) is 13.2 Å². The molecule has 1 aromatic heterocycles. The summed E-state index contributed by atoms with van der Waals surface area (Å²) in [6.07, 6.45) is 4.19. The van der Waals surface area contributed by atoms with Gasteiger partial charge in [0.2, 0.25) is 0 Å². The van der Waals surface area contributed by atoms with E-state index < -0.39 is 0 Å². The van der Waals surface area contributed by atoms with Crippen molar-refractivity contribution < 1.29 is 9.47 Å². The Morgan fingerprint density at radius 1 is 1.06 bits per heavy atom. The van der Waals surface area contributed by atoms with Gasteiger partial charge < -0.3 is 9.47 Å². The van der Waals surface area contributed by atoms with Crippen molar-refractivity contribution in [2.24, 2.45) is 0 Å². The molecule has 0 fully saturated rings. The number of rotatable bonds is 2. The third-order valence-corrected chi connectivity index (χ3v) is 3.74. The molecule has 1 aliphatic heterocycles. The van der Waals surface area contributed by atoms with Gasteiger partial charge >= 0.3 is 0 Å². The molecule has 0 radical (unpaired) electrons. The largest absolute Gasteiger partial charge is 0.485 e. The lowest BCUT2D eigenvalue weighted by atomic mass is 10.1. The standard InChI is InChI=1S/C15H14O2S/c1-11-2-4-12(5-3-11)6-7-14-15-13(10-18-14)16-8-9-17-15/h2-7,10H,8-9H2,1H3/b7-6+. The second-order valence-corrected chi connectivity index (χ2v) is 5.15. The maximum atomic E-state index is 5.64. The molecule has 2 aromatic rings. The van der Waals surface area contributed by atoms with Crippen molar-refractivity contribution in [3.8, 4) is 11.5 Å². The Kier molecular flexibility index (Phi) is 3.07. The lowest BCUT2D eigenvalue weighted by Gasteiger charge is -2.15. The van der Waals surface area contributed by atoms with Gasteiger partial charge in [0.05, 0.1) is 4.88 Å². The average molecular weight is 258 g/mol. The normalized spacial score (nSPS) is 14.1. The van der Waals surface area contributed by atoms with E-state index in [1.54, 1.807) is 11.3 Å². The van der Waals surface area contributed by atoms with Gasteiger partial charge in [-0.1, -0.05) is 35.9 Å². The number of ether oxygens (including phenoxy) is 2. The van der Waals surface area contributed by atoms with E-state index in [4.69, 9.17) is 9.47 Å². The number of hydrogen-bond donors (Lipinski definition) is 0. The molecule has 0 spiro atoms. The van der Waals surface area contributed by atoms with Crippen molar-refractivity contribution in [2.45, 2.75) is 6.92 Å². The molecular formula is C15H14O2S. The molecule has 1 aliphatic rings. The molecule has 0 amide bonds. The molecule has 2 heterocycles. The van der Waals surface area contributed by atoms with E-state index >= 15 is 0 Å². The fourth-order valence-electron chi connectivity index (χ4n) is 1.85. The summed E-state index contributed by atoms with van der Waals surface area (Å²) in [6.45, 7) is 3.37. The zero-order valence-corrected chi connectivity index (χ0v) is 11.0. The Morgan fingerprint density at radius 3 is 2.67 bits per heavy atom. The van der Waals surface area contributed by atoms with Gasteiger partial charge in [0, 0.05) is 5.38 Å². The van der Waals surface area contributed by atoms with Crippen LogP contribution in [0.4, 0.5) is 0 Å². The minimum atomic E-state index is 0.634. The number of hydrogen-bond acceptors (Lipinski definition) is 3. The third-order valence-electron chi connectivity index (χ3n) is 2.83. The summed E-state index contributed by atoms with van der Waals surface area (Å²) in [5.41, 5.74) is 2.47. The maximum absolute atomic E-state index is 5.64. The van der Waals surface area contributed by atoms with E-state index in [0.717, 1.165) is 16.4 Å². The minimum absolute atomic E-state index is 0.634. The summed E-state index contributed by atoms with van der Waals surface area (Å²) in [5.74, 6) is 1.75. The first-order valence-corrected chi connectivity index (χ1v) is 6.83. The van der Waals surface area contributed by atoms with Crippen LogP contribution >= 0.6 is 11.3 Å². The van der Waals surface area contributed by atoms with Crippen LogP contribution in [0.15, 0.2) is 29.6 Å². The van der Waals surface area contributed by atoms with Gasteiger partial charge in [-0.05, 0) is 18.6 Å². The number of thiophene rings is 1. The SMILES string of the molecule is Cc1ccc(/C=C/c2scc3c2OCCO3)cc1. The number of aryl methyl sites for hydroxylation is 1. The highest BCUT2D eigenvalue weighted by Gasteiger charge is 2.16. The molecule has 2 nitrogen and oxygen atoms in total. The molecule has 3 heteroatoms. The van der Waals surface area contributed by atoms with Gasteiger partial charge in [-0.25, -0.2) is 0 Å². The van der Waals surface area contributed by atoms with Crippen molar-refractivity contribution >= 4 is 23.5 Å². The summed E-state index contributed by atoms with van der Waals surface area (Å²) in [5, 5.41) is 2.00. The second-order valence-electron chi connectivity index (χ2n) is 4.23. The summed E-state index contributed by atoms with van der Waals surface area (Å²) in [4.78, 5) is 1.12. The third kappa shape index (κ3) is 2.27. The van der Waals surface area contributed by atoms with E-state index in [2.05, 4.69) is 43.3 Å². The smallest absolute Gasteiger partial charge is 0.179 e. The molecule has 0 unspecified atom stereocenters. The van der Waals surface area contributed by atoms with E-state index in [9.17, 15) is 0 Å². The molecule has 1 aromatic carbocycles. The van der Waals surface area contributed by atoms with Crippen LogP contribution in [0.1, 0.15) is 16.0 Å². The number of fused-ring (bicyclic) bond motifs is 1. The number of benzene rings is 1. The van der Waals surface area contributed by atoms with Crippen LogP contribution in [0.3, 0.4) is 0 Å². The fourth-order valence-corrected chi connectivity index (χ4v) is 2.67. The summed E-state index contributed by atoms with van der Waals surface area (Å²) in [6, 6.07) is 8.46. The lowest BCUT2D eigenvalue weighted by Crippen LogP contribution is -2.14. The highest BCUT2D eigenvalue weighted by Crippen LogP contribution is 2.40. The molecule has 0 saturated carbocycles. The van der Waals surface area contributed by atoms with Crippen molar-refractivity contribution in [1.29, 1.82) is 0 Å². The monoisotopic (exact) mass is 258 g/mol. The molecular weight excluding hydrogens is 244 g/mol. The van der Waals surface area contributed by atoms with E-state index in [0.29, 0.717) is 13.2 Å². The van der Waals surface area contributed by atoms with Crippen molar-refractivity contribution in [3.63, 3.8) is 0 Å². The summed E-state index contributed by atoms with van der Waals surface area (Å²) in [7, 11) is 0. The minimum Gasteiger partial charge on any atom is -0.485 e. The van der Waals surface area contributed by atoms with Gasteiger partial charge in [0.1, 0.15) is 13.2 Å². The average Bonchev–Trinajstić information content (AvgIpc) is 2.82. The lowest BCUT2D eigenvalue weighted by molar-refractivity contribution is 0.173. The topological polar surface area (TPSA) is 18.5 Å². The van der Waals surface area contributed by atoms with Gasteiger partial charge in [0.25, 0.3) is 0 Å². The summed E-state index contributed by atoms with van der Waals surface area (Å²) < 4.78 is 11.2. The highest BCUT2D eigenvalue weighted by atomic mass is 32.1. The van der Waals surface area contributed by atoms with Crippen LogP contribution in [0, 0.1) is 6.92 Å². The Balaban J connectivity index is 1.84. The van der Waals surface area contributed by atoms with E-state index in [1.807, 2.05) is 5.38 Å². The van der Waals surface area contributed by atoms with Crippen LogP contribution in [0.2, 0.25) is 0 Å². The van der Waals surface area contributed by atoms with Crippen LogP contribution in [0.25, 0.3) is 12.2 Å². The molecule has 0 aliphatic carbocycles. The Morgan fingerprint density at radius 2 is 1.83 bits per heavy atom. The van der Waals surface area contributed by atoms with Gasteiger partial charge in [-0.3, -0.25) is 0 Å². The van der Waals surface area contributed by atoms with Crippen LogP contribution < -0.4 is 9.47 Å². The van der Waals surface area contributed by atoms with Crippen molar-refractivity contribution in [1.82, 2.24) is 0 Å². The van der Waals surface area contributed by atoms with E-state index in [1.165, 1.54) is 11.1 Å².